The predicted octanol–water partition coefficient (Wildman–Crippen LogP) is 8.39. The second-order valence-electron chi connectivity index (χ2n) is 7.64. The van der Waals surface area contributed by atoms with Gasteiger partial charge in [-0.15, -0.1) is 47.5 Å². The van der Waals surface area contributed by atoms with Crippen LogP contribution < -0.4 is 0 Å². The molecule has 0 fully saturated rings. The van der Waals surface area contributed by atoms with E-state index in [0.29, 0.717) is 5.92 Å². The summed E-state index contributed by atoms with van der Waals surface area (Å²) >= 11 is 7.71. The standard InChI is InChI=1S/C15H10Cl.C9H13.C2H6Si.Zr/c16-13-7-9-15-12(10-13)6-8-14(15)11-4-2-1-3-5-11;1-6-5-7(2)9(4)8(6)3;1-3-2;/h1-10H;6H,1-4H3;1-2H3;/q2*-1;;+2. The van der Waals surface area contributed by atoms with E-state index in [1.165, 1.54) is 38.6 Å². The fourth-order valence-corrected chi connectivity index (χ4v) is 3.39. The summed E-state index contributed by atoms with van der Waals surface area (Å²) in [6.07, 6.45) is 3.36. The van der Waals surface area contributed by atoms with Gasteiger partial charge in [0.1, 0.15) is 0 Å². The predicted molar refractivity (Wildman–Crippen MR) is 127 cm³/mol. The fraction of sp³-hybridized carbons (Fsp3) is 0.269. The molecule has 3 heteroatoms. The molecular formula is C26H29ClSiZr. The second-order valence-corrected chi connectivity index (χ2v) is 17.5. The van der Waals surface area contributed by atoms with Crippen LogP contribution >= 0.6 is 11.6 Å². The molecule has 0 nitrogen and oxygen atoms in total. The van der Waals surface area contributed by atoms with Crippen molar-refractivity contribution in [3.63, 3.8) is 0 Å². The number of allylic oxidation sites excluding steroid dienone is 4. The van der Waals surface area contributed by atoms with Gasteiger partial charge in [0.2, 0.25) is 0 Å². The summed E-state index contributed by atoms with van der Waals surface area (Å²) in [7, 11) is 0. The maximum absolute atomic E-state index is 5.97. The Kier molecular flexibility index (Phi) is 9.47. The zero-order chi connectivity index (χ0) is 21.6. The van der Waals surface area contributed by atoms with Gasteiger partial charge in [0.15, 0.2) is 0 Å². The molecule has 0 bridgehead atoms. The van der Waals surface area contributed by atoms with Gasteiger partial charge < -0.3 is 0 Å². The molecule has 0 spiro atoms. The third-order valence-corrected chi connectivity index (χ3v) is 5.29. The molecule has 29 heavy (non-hydrogen) atoms. The van der Waals surface area contributed by atoms with Crippen LogP contribution in [-0.4, -0.2) is 5.43 Å². The number of hydrogen-bond acceptors (Lipinski definition) is 0. The SMILES string of the molecule is CC1=[C-]C(C)C(C)=C1C.C[Si](C)=[Zr+2].Clc1ccc2c(-c3ccccc3)c[cH-]c2c1. The summed E-state index contributed by atoms with van der Waals surface area (Å²) in [6.45, 7) is 13.3. The first-order valence-electron chi connectivity index (χ1n) is 9.90. The van der Waals surface area contributed by atoms with Crippen LogP contribution in [0.3, 0.4) is 0 Å². The minimum atomic E-state index is 0.210. The fourth-order valence-electron chi connectivity index (χ4n) is 3.21. The molecule has 3 aromatic rings. The van der Waals surface area contributed by atoms with Crippen molar-refractivity contribution in [2.75, 3.05) is 0 Å². The number of fused-ring (bicyclic) bond motifs is 1. The first kappa shape index (κ1) is 24.2. The van der Waals surface area contributed by atoms with Gasteiger partial charge in [-0.3, -0.25) is 6.08 Å². The van der Waals surface area contributed by atoms with Crippen LogP contribution in [0.5, 0.6) is 0 Å². The Labute approximate surface area is 196 Å². The van der Waals surface area contributed by atoms with Crippen LogP contribution in [0.25, 0.3) is 21.9 Å². The molecule has 1 atom stereocenters. The summed E-state index contributed by atoms with van der Waals surface area (Å²) in [4.78, 5) is 0. The maximum atomic E-state index is 5.97. The smallest absolute Gasteiger partial charge is 0.00101 e. The van der Waals surface area contributed by atoms with Gasteiger partial charge in [-0.25, -0.2) is 5.57 Å². The van der Waals surface area contributed by atoms with Crippen molar-refractivity contribution in [2.45, 2.75) is 40.8 Å². The summed E-state index contributed by atoms with van der Waals surface area (Å²) in [5.74, 6) is 0.560. The molecule has 0 N–H and O–H groups in total. The Hall–Kier alpha value is -1.08. The largest absolute Gasteiger partial charge is 0.148 e. The van der Waals surface area contributed by atoms with Crippen molar-refractivity contribution in [3.05, 3.63) is 88.5 Å². The van der Waals surface area contributed by atoms with Crippen molar-refractivity contribution >= 4 is 27.8 Å². The third kappa shape index (κ3) is 6.99. The molecule has 148 valence electrons. The summed E-state index contributed by atoms with van der Waals surface area (Å²) in [6, 6.07) is 20.7. The molecular weight excluding hydrogens is 467 g/mol. The Morgan fingerprint density at radius 2 is 1.66 bits per heavy atom. The van der Waals surface area contributed by atoms with Crippen molar-refractivity contribution in [1.29, 1.82) is 0 Å². The monoisotopic (exact) mass is 494 g/mol. The molecule has 0 aromatic heterocycles. The quantitative estimate of drug-likeness (QED) is 0.235. The van der Waals surface area contributed by atoms with E-state index in [0.717, 1.165) is 5.02 Å². The molecule has 4 rings (SSSR count). The van der Waals surface area contributed by atoms with Crippen LogP contribution in [0.1, 0.15) is 27.7 Å². The number of hydrogen-bond donors (Lipinski definition) is 0. The van der Waals surface area contributed by atoms with Gasteiger partial charge in [0.05, 0.1) is 0 Å². The molecule has 3 aromatic carbocycles. The topological polar surface area (TPSA) is 0 Å². The van der Waals surface area contributed by atoms with Crippen molar-refractivity contribution < 1.29 is 23.3 Å². The molecule has 1 aliphatic carbocycles. The van der Waals surface area contributed by atoms with E-state index in [1.807, 2.05) is 18.2 Å². The summed E-state index contributed by atoms with van der Waals surface area (Å²) in [5.41, 5.74) is 6.98. The molecule has 0 heterocycles. The molecule has 1 unspecified atom stereocenters. The van der Waals surface area contributed by atoms with Crippen LogP contribution in [0, 0.1) is 12.0 Å². The second kappa shape index (κ2) is 11.3. The minimum Gasteiger partial charge on any atom is -0.148 e. The molecule has 0 radical (unpaired) electrons. The summed E-state index contributed by atoms with van der Waals surface area (Å²) in [5, 5.41) is 3.25. The van der Waals surface area contributed by atoms with E-state index in [9.17, 15) is 0 Å². The Balaban J connectivity index is 0.000000195. The van der Waals surface area contributed by atoms with Crippen molar-refractivity contribution in [2.24, 2.45) is 5.92 Å². The van der Waals surface area contributed by atoms with Gasteiger partial charge in [-0.1, -0.05) is 80.3 Å². The van der Waals surface area contributed by atoms with Crippen molar-refractivity contribution in [1.82, 2.24) is 0 Å². The van der Waals surface area contributed by atoms with E-state index in [1.54, 1.807) is 23.3 Å². The molecule has 1 aliphatic rings. The van der Waals surface area contributed by atoms with E-state index >= 15 is 0 Å². The zero-order valence-electron chi connectivity index (χ0n) is 18.2. The van der Waals surface area contributed by atoms with Gasteiger partial charge in [-0.2, -0.15) is 11.1 Å². The number of benzene rings is 2. The van der Waals surface area contributed by atoms with Gasteiger partial charge >= 0.3 is 41.9 Å². The molecule has 0 saturated carbocycles. The first-order valence-corrected chi connectivity index (χ1v) is 16.5. The average molecular weight is 496 g/mol. The normalized spacial score (nSPS) is 15.3. The molecule has 0 amide bonds. The summed E-state index contributed by atoms with van der Waals surface area (Å²) < 4.78 is 0. The third-order valence-electron chi connectivity index (χ3n) is 5.05. The first-order chi connectivity index (χ1) is 13.7. The number of rotatable bonds is 1. The Bertz CT molecular complexity index is 1040. The van der Waals surface area contributed by atoms with Crippen LogP contribution in [0.4, 0.5) is 0 Å². The number of halogens is 1. The maximum Gasteiger partial charge on any atom is -0.00101 e. The van der Waals surface area contributed by atoms with E-state index in [-0.39, 0.29) is 5.43 Å². The molecule has 0 aliphatic heterocycles. The van der Waals surface area contributed by atoms with E-state index < -0.39 is 0 Å². The van der Waals surface area contributed by atoms with Crippen LogP contribution in [-0.2, 0) is 23.3 Å². The zero-order valence-corrected chi connectivity index (χ0v) is 22.4. The molecule has 0 saturated heterocycles. The van der Waals surface area contributed by atoms with Gasteiger partial charge in [-0.05, 0) is 5.02 Å². The van der Waals surface area contributed by atoms with E-state index in [2.05, 4.69) is 89.3 Å². The Morgan fingerprint density at radius 3 is 2.14 bits per heavy atom. The van der Waals surface area contributed by atoms with Crippen LogP contribution in [0.2, 0.25) is 18.1 Å². The average Bonchev–Trinajstić information content (AvgIpc) is 3.19. The minimum absolute atomic E-state index is 0.210. The van der Waals surface area contributed by atoms with Gasteiger partial charge in [0.25, 0.3) is 0 Å². The Morgan fingerprint density at radius 1 is 1.03 bits per heavy atom. The van der Waals surface area contributed by atoms with Gasteiger partial charge in [0, 0.05) is 0 Å². The van der Waals surface area contributed by atoms with Crippen molar-refractivity contribution in [3.8, 4) is 11.1 Å². The van der Waals surface area contributed by atoms with Crippen LogP contribution in [0.15, 0.2) is 77.4 Å². The van der Waals surface area contributed by atoms with E-state index in [4.69, 9.17) is 11.6 Å².